The normalized spacial score (nSPS) is 9.77. The van der Waals surface area contributed by atoms with E-state index in [1.807, 2.05) is 6.07 Å². The number of aromatic nitrogens is 1. The highest BCUT2D eigenvalue weighted by atomic mass is 79.9. The standard InChI is InChI=1S/C8H8Br2N2O/c1-12(8(13)4-9)6-2-3-7(10)11-5-6/h2-3,5H,4H2,1H3. The summed E-state index contributed by atoms with van der Waals surface area (Å²) in [5.74, 6) is 0.00382. The molecule has 0 aliphatic carbocycles. The fourth-order valence-corrected chi connectivity index (χ4v) is 1.41. The minimum atomic E-state index is 0.00382. The van der Waals surface area contributed by atoms with Crippen molar-refractivity contribution in [2.45, 2.75) is 0 Å². The van der Waals surface area contributed by atoms with Gasteiger partial charge >= 0.3 is 0 Å². The van der Waals surface area contributed by atoms with Crippen LogP contribution < -0.4 is 4.90 Å². The molecule has 70 valence electrons. The van der Waals surface area contributed by atoms with Crippen LogP contribution in [-0.4, -0.2) is 23.3 Å². The molecule has 3 nitrogen and oxygen atoms in total. The zero-order valence-electron chi connectivity index (χ0n) is 7.00. The predicted molar refractivity (Wildman–Crippen MR) is 59.1 cm³/mol. The van der Waals surface area contributed by atoms with Gasteiger partial charge in [-0.3, -0.25) is 4.79 Å². The zero-order chi connectivity index (χ0) is 9.84. The molecule has 0 bridgehead atoms. The highest BCUT2D eigenvalue weighted by molar-refractivity contribution is 9.10. The van der Waals surface area contributed by atoms with Crippen LogP contribution >= 0.6 is 31.9 Å². The van der Waals surface area contributed by atoms with E-state index in [1.165, 1.54) is 0 Å². The molecule has 5 heteroatoms. The number of rotatable bonds is 2. The van der Waals surface area contributed by atoms with Crippen molar-refractivity contribution < 1.29 is 4.79 Å². The van der Waals surface area contributed by atoms with Gasteiger partial charge in [0.15, 0.2) is 0 Å². The molecule has 0 radical (unpaired) electrons. The summed E-state index contributed by atoms with van der Waals surface area (Å²) in [5, 5.41) is 0.319. The van der Waals surface area contributed by atoms with Crippen LogP contribution in [0.15, 0.2) is 22.9 Å². The molecule has 0 saturated heterocycles. The van der Waals surface area contributed by atoms with Crippen molar-refractivity contribution in [3.8, 4) is 0 Å². The van der Waals surface area contributed by atoms with Gasteiger partial charge in [0.25, 0.3) is 0 Å². The minimum Gasteiger partial charge on any atom is -0.313 e. The quantitative estimate of drug-likeness (QED) is 0.620. The summed E-state index contributed by atoms with van der Waals surface area (Å²) in [6, 6.07) is 3.63. The van der Waals surface area contributed by atoms with Crippen molar-refractivity contribution >= 4 is 43.5 Å². The van der Waals surface area contributed by atoms with Gasteiger partial charge in [-0.25, -0.2) is 4.98 Å². The minimum absolute atomic E-state index is 0.00382. The number of pyridine rings is 1. The summed E-state index contributed by atoms with van der Waals surface area (Å²) in [6.07, 6.45) is 1.64. The maximum Gasteiger partial charge on any atom is 0.237 e. The molecule has 1 aromatic rings. The molecule has 1 rings (SSSR count). The molecule has 0 atom stereocenters. The number of carbonyl (C=O) groups excluding carboxylic acids is 1. The zero-order valence-corrected chi connectivity index (χ0v) is 10.2. The number of alkyl halides is 1. The number of halogens is 2. The van der Waals surface area contributed by atoms with E-state index in [1.54, 1.807) is 24.2 Å². The number of hydrogen-bond acceptors (Lipinski definition) is 2. The molecule has 0 aliphatic heterocycles. The third kappa shape index (κ3) is 2.77. The van der Waals surface area contributed by atoms with E-state index in [4.69, 9.17) is 0 Å². The average Bonchev–Trinajstić information content (AvgIpc) is 2.17. The van der Waals surface area contributed by atoms with Gasteiger partial charge in [0.2, 0.25) is 5.91 Å². The maximum atomic E-state index is 11.2. The molecule has 0 saturated carbocycles. The maximum absolute atomic E-state index is 11.2. The second-order valence-corrected chi connectivity index (χ2v) is 3.80. The van der Waals surface area contributed by atoms with Crippen LogP contribution in [0.1, 0.15) is 0 Å². The molecule has 0 aromatic carbocycles. The Hall–Kier alpha value is -0.420. The first-order valence-electron chi connectivity index (χ1n) is 3.59. The van der Waals surface area contributed by atoms with Crippen molar-refractivity contribution in [2.24, 2.45) is 0 Å². The van der Waals surface area contributed by atoms with Crippen LogP contribution in [0.2, 0.25) is 0 Å². The monoisotopic (exact) mass is 306 g/mol. The van der Waals surface area contributed by atoms with E-state index in [9.17, 15) is 4.79 Å². The van der Waals surface area contributed by atoms with Gasteiger partial charge in [0, 0.05) is 7.05 Å². The van der Waals surface area contributed by atoms with Crippen molar-refractivity contribution in [1.29, 1.82) is 0 Å². The van der Waals surface area contributed by atoms with Gasteiger partial charge in [-0.2, -0.15) is 0 Å². The first kappa shape index (κ1) is 10.7. The van der Waals surface area contributed by atoms with Crippen LogP contribution in [0.5, 0.6) is 0 Å². The predicted octanol–water partition coefficient (Wildman–Crippen LogP) is 2.20. The third-order valence-electron chi connectivity index (χ3n) is 1.59. The van der Waals surface area contributed by atoms with E-state index < -0.39 is 0 Å². The highest BCUT2D eigenvalue weighted by Crippen LogP contribution is 2.14. The Labute approximate surface area is 93.4 Å². The Morgan fingerprint density at radius 1 is 1.62 bits per heavy atom. The van der Waals surface area contributed by atoms with Gasteiger partial charge in [-0.05, 0) is 28.1 Å². The number of anilines is 1. The lowest BCUT2D eigenvalue weighted by Gasteiger charge is -2.14. The lowest BCUT2D eigenvalue weighted by molar-refractivity contribution is -0.115. The Morgan fingerprint density at radius 3 is 2.77 bits per heavy atom. The van der Waals surface area contributed by atoms with Crippen molar-refractivity contribution in [3.63, 3.8) is 0 Å². The summed E-state index contributed by atoms with van der Waals surface area (Å²) >= 11 is 6.33. The van der Waals surface area contributed by atoms with Crippen LogP contribution in [0.3, 0.4) is 0 Å². The summed E-state index contributed by atoms with van der Waals surface area (Å²) < 4.78 is 0.760. The summed E-state index contributed by atoms with van der Waals surface area (Å²) in [7, 11) is 1.72. The van der Waals surface area contributed by atoms with Gasteiger partial charge in [-0.1, -0.05) is 15.9 Å². The van der Waals surface area contributed by atoms with Crippen molar-refractivity contribution in [2.75, 3.05) is 17.3 Å². The summed E-state index contributed by atoms with van der Waals surface area (Å²) in [6.45, 7) is 0. The molecular formula is C8H8Br2N2O. The highest BCUT2D eigenvalue weighted by Gasteiger charge is 2.08. The first-order chi connectivity index (χ1) is 6.15. The second kappa shape index (κ2) is 4.72. The Kier molecular flexibility index (Phi) is 3.87. The Bertz CT molecular complexity index is 300. The number of nitrogens with zero attached hydrogens (tertiary/aromatic N) is 2. The van der Waals surface area contributed by atoms with E-state index in [2.05, 4.69) is 36.8 Å². The average molecular weight is 308 g/mol. The molecule has 1 heterocycles. The second-order valence-electron chi connectivity index (χ2n) is 2.43. The molecule has 1 aromatic heterocycles. The largest absolute Gasteiger partial charge is 0.313 e. The van der Waals surface area contributed by atoms with Crippen molar-refractivity contribution in [3.05, 3.63) is 22.9 Å². The van der Waals surface area contributed by atoms with Crippen LogP contribution in [-0.2, 0) is 4.79 Å². The molecule has 0 fully saturated rings. The number of carbonyl (C=O) groups is 1. The fraction of sp³-hybridized carbons (Fsp3) is 0.250. The van der Waals surface area contributed by atoms with E-state index in [0.717, 1.165) is 10.3 Å². The van der Waals surface area contributed by atoms with Gasteiger partial charge < -0.3 is 4.90 Å². The summed E-state index contributed by atoms with van der Waals surface area (Å²) in [4.78, 5) is 16.8. The Balaban J connectivity index is 2.83. The lowest BCUT2D eigenvalue weighted by atomic mass is 10.4. The van der Waals surface area contributed by atoms with E-state index in [0.29, 0.717) is 5.33 Å². The first-order valence-corrected chi connectivity index (χ1v) is 5.50. The fourth-order valence-electron chi connectivity index (χ4n) is 0.800. The van der Waals surface area contributed by atoms with Crippen molar-refractivity contribution in [1.82, 2.24) is 4.98 Å². The Morgan fingerprint density at radius 2 is 2.31 bits per heavy atom. The van der Waals surface area contributed by atoms with Gasteiger partial charge in [0.1, 0.15) is 4.60 Å². The number of amides is 1. The molecule has 1 amide bonds. The topological polar surface area (TPSA) is 33.2 Å². The number of hydrogen-bond donors (Lipinski definition) is 0. The van der Waals surface area contributed by atoms with Crippen LogP contribution in [0, 0.1) is 0 Å². The SMILES string of the molecule is CN(C(=O)CBr)c1ccc(Br)nc1. The smallest absolute Gasteiger partial charge is 0.237 e. The molecule has 0 unspecified atom stereocenters. The molecule has 0 N–H and O–H groups in total. The van der Waals surface area contributed by atoms with E-state index >= 15 is 0 Å². The molecule has 0 spiro atoms. The molecular weight excluding hydrogens is 300 g/mol. The molecule has 0 aliphatic rings. The van der Waals surface area contributed by atoms with E-state index in [-0.39, 0.29) is 5.91 Å². The van der Waals surface area contributed by atoms with Gasteiger partial charge in [-0.15, -0.1) is 0 Å². The third-order valence-corrected chi connectivity index (χ3v) is 2.54. The van der Waals surface area contributed by atoms with Crippen LogP contribution in [0.25, 0.3) is 0 Å². The van der Waals surface area contributed by atoms with Crippen LogP contribution in [0.4, 0.5) is 5.69 Å². The van der Waals surface area contributed by atoms with Gasteiger partial charge in [0.05, 0.1) is 17.2 Å². The lowest BCUT2D eigenvalue weighted by Crippen LogP contribution is -2.27. The summed E-state index contributed by atoms with van der Waals surface area (Å²) in [5.41, 5.74) is 0.785. The molecule has 13 heavy (non-hydrogen) atoms.